The average molecular weight is 203 g/mol. The molecule has 0 unspecified atom stereocenters. The summed E-state index contributed by atoms with van der Waals surface area (Å²) in [7, 11) is 0. The van der Waals surface area contributed by atoms with Crippen molar-refractivity contribution in [1.82, 2.24) is 0 Å². The van der Waals surface area contributed by atoms with Crippen molar-refractivity contribution in [2.24, 2.45) is 0 Å². The summed E-state index contributed by atoms with van der Waals surface area (Å²) in [5.41, 5.74) is 0.482. The van der Waals surface area contributed by atoms with Gasteiger partial charge in [0.25, 0.3) is 0 Å². The molecule has 13 heavy (non-hydrogen) atoms. The highest BCUT2D eigenvalue weighted by Gasteiger charge is 2.19. The Balaban J connectivity index is 3.32. The van der Waals surface area contributed by atoms with Crippen molar-refractivity contribution in [3.8, 4) is 5.75 Å². The van der Waals surface area contributed by atoms with Crippen LogP contribution in [0.5, 0.6) is 5.75 Å². The molecule has 1 aromatic carbocycles. The number of phenolic OH excluding ortho intramolecular Hbond substituents is 1. The van der Waals surface area contributed by atoms with Crippen molar-refractivity contribution in [2.45, 2.75) is 26.2 Å². The second-order valence-corrected chi connectivity index (χ2v) is 4.44. The lowest BCUT2D eigenvalue weighted by Gasteiger charge is -2.20. The van der Waals surface area contributed by atoms with E-state index in [0.717, 1.165) is 0 Å². The molecule has 1 aromatic rings. The molecule has 1 nitrogen and oxygen atoms in total. The highest BCUT2D eigenvalue weighted by atomic mass is 35.5. The van der Waals surface area contributed by atoms with Crippen molar-refractivity contribution >= 4 is 11.6 Å². The number of benzene rings is 1. The minimum Gasteiger partial charge on any atom is -0.505 e. The Morgan fingerprint density at radius 3 is 2.31 bits per heavy atom. The smallest absolute Gasteiger partial charge is 0.165 e. The lowest BCUT2D eigenvalue weighted by molar-refractivity contribution is 0.430. The lowest BCUT2D eigenvalue weighted by atomic mass is 9.87. The Labute approximate surface area is 82.2 Å². The van der Waals surface area contributed by atoms with E-state index in [9.17, 15) is 4.39 Å². The zero-order chi connectivity index (χ0) is 10.2. The molecular weight excluding hydrogens is 191 g/mol. The van der Waals surface area contributed by atoms with Gasteiger partial charge in [-0.05, 0) is 17.0 Å². The molecule has 0 saturated carbocycles. The zero-order valence-electron chi connectivity index (χ0n) is 7.86. The zero-order valence-corrected chi connectivity index (χ0v) is 8.61. The van der Waals surface area contributed by atoms with E-state index in [2.05, 4.69) is 0 Å². The molecule has 0 bridgehead atoms. The molecule has 1 N–H and O–H groups in total. The van der Waals surface area contributed by atoms with Gasteiger partial charge in [-0.3, -0.25) is 0 Å². The van der Waals surface area contributed by atoms with Crippen LogP contribution < -0.4 is 0 Å². The van der Waals surface area contributed by atoms with E-state index in [4.69, 9.17) is 16.7 Å². The maximum atomic E-state index is 13.0. The van der Waals surface area contributed by atoms with Crippen LogP contribution in [0.25, 0.3) is 0 Å². The molecule has 72 valence electrons. The van der Waals surface area contributed by atoms with Crippen LogP contribution in [0.1, 0.15) is 26.3 Å². The number of hydrogen-bond acceptors (Lipinski definition) is 1. The monoisotopic (exact) mass is 202 g/mol. The second-order valence-electron chi connectivity index (χ2n) is 4.03. The Morgan fingerprint density at radius 1 is 1.31 bits per heavy atom. The van der Waals surface area contributed by atoms with Crippen molar-refractivity contribution in [1.29, 1.82) is 0 Å². The van der Waals surface area contributed by atoms with Gasteiger partial charge < -0.3 is 5.11 Å². The van der Waals surface area contributed by atoms with Gasteiger partial charge in [0.15, 0.2) is 11.6 Å². The predicted molar refractivity (Wildman–Crippen MR) is 51.8 cm³/mol. The van der Waals surface area contributed by atoms with Crippen molar-refractivity contribution < 1.29 is 9.50 Å². The van der Waals surface area contributed by atoms with Crippen LogP contribution in [0.2, 0.25) is 5.02 Å². The van der Waals surface area contributed by atoms with E-state index in [1.54, 1.807) is 0 Å². The average Bonchev–Trinajstić information content (AvgIpc) is 1.94. The number of rotatable bonds is 0. The molecule has 1 rings (SSSR count). The summed E-state index contributed by atoms with van der Waals surface area (Å²) >= 11 is 5.86. The van der Waals surface area contributed by atoms with Crippen LogP contribution in [0.3, 0.4) is 0 Å². The van der Waals surface area contributed by atoms with Crippen LogP contribution in [0.15, 0.2) is 12.1 Å². The molecule has 3 heteroatoms. The van der Waals surface area contributed by atoms with Crippen molar-refractivity contribution in [2.75, 3.05) is 0 Å². The summed E-state index contributed by atoms with van der Waals surface area (Å²) in [5.74, 6) is -1.03. The van der Waals surface area contributed by atoms with Gasteiger partial charge in [0.05, 0.1) is 0 Å². The van der Waals surface area contributed by atoms with Crippen LogP contribution in [0.4, 0.5) is 4.39 Å². The molecule has 0 aliphatic rings. The first-order chi connectivity index (χ1) is 5.82. The van der Waals surface area contributed by atoms with E-state index < -0.39 is 11.6 Å². The van der Waals surface area contributed by atoms with Crippen LogP contribution in [-0.2, 0) is 5.41 Å². The van der Waals surface area contributed by atoms with Gasteiger partial charge in [0.1, 0.15) is 0 Å². The Hall–Kier alpha value is -0.760. The van der Waals surface area contributed by atoms with E-state index in [-0.39, 0.29) is 5.41 Å². The summed E-state index contributed by atoms with van der Waals surface area (Å²) in [6.07, 6.45) is 0. The molecule has 0 aliphatic heterocycles. The SMILES string of the molecule is CC(C)(C)c1cc(F)c(O)cc1Cl. The molecule has 0 saturated heterocycles. The maximum Gasteiger partial charge on any atom is 0.165 e. The molecule has 0 aliphatic carbocycles. The number of phenols is 1. The Bertz CT molecular complexity index is 328. The number of hydrogen-bond donors (Lipinski definition) is 1. The van der Waals surface area contributed by atoms with Crippen molar-refractivity contribution in [3.63, 3.8) is 0 Å². The summed E-state index contributed by atoms with van der Waals surface area (Å²) in [4.78, 5) is 0. The standard InChI is InChI=1S/C10H12ClFO/c1-10(2,3)6-4-8(12)9(13)5-7(6)11/h4-5,13H,1-3H3. The molecule has 0 atom stereocenters. The number of halogens is 2. The normalized spacial score (nSPS) is 11.8. The quantitative estimate of drug-likeness (QED) is 0.683. The molecule has 0 heterocycles. The fraction of sp³-hybridized carbons (Fsp3) is 0.400. The third-order valence-electron chi connectivity index (χ3n) is 1.84. The third kappa shape index (κ3) is 2.13. The fourth-order valence-corrected chi connectivity index (χ4v) is 1.55. The van der Waals surface area contributed by atoms with Crippen LogP contribution >= 0.6 is 11.6 Å². The predicted octanol–water partition coefficient (Wildman–Crippen LogP) is 3.48. The third-order valence-corrected chi connectivity index (χ3v) is 2.16. The molecule has 0 aromatic heterocycles. The van der Waals surface area contributed by atoms with Crippen LogP contribution in [0, 0.1) is 5.82 Å². The summed E-state index contributed by atoms with van der Waals surface area (Å²) in [5, 5.41) is 9.43. The van der Waals surface area contributed by atoms with Gasteiger partial charge in [-0.25, -0.2) is 4.39 Å². The number of aromatic hydroxyl groups is 1. The summed E-state index contributed by atoms with van der Waals surface area (Å²) < 4.78 is 13.0. The minimum absolute atomic E-state index is 0.217. The maximum absolute atomic E-state index is 13.0. The first kappa shape index (κ1) is 10.3. The molecule has 0 fully saturated rings. The van der Waals surface area contributed by atoms with E-state index in [0.29, 0.717) is 10.6 Å². The van der Waals surface area contributed by atoms with E-state index in [1.165, 1.54) is 12.1 Å². The highest BCUT2D eigenvalue weighted by molar-refractivity contribution is 6.31. The summed E-state index contributed by atoms with van der Waals surface area (Å²) in [6, 6.07) is 2.51. The van der Waals surface area contributed by atoms with Gasteiger partial charge in [-0.15, -0.1) is 0 Å². The highest BCUT2D eigenvalue weighted by Crippen LogP contribution is 2.33. The van der Waals surface area contributed by atoms with Crippen molar-refractivity contribution in [3.05, 3.63) is 28.5 Å². The molecular formula is C10H12ClFO. The van der Waals surface area contributed by atoms with Crippen LogP contribution in [-0.4, -0.2) is 5.11 Å². The largest absolute Gasteiger partial charge is 0.505 e. The van der Waals surface area contributed by atoms with Gasteiger partial charge in [-0.2, -0.15) is 0 Å². The van der Waals surface area contributed by atoms with Gasteiger partial charge in [0, 0.05) is 11.1 Å². The second kappa shape index (κ2) is 3.18. The summed E-state index contributed by atoms with van der Waals surface area (Å²) in [6.45, 7) is 5.81. The van der Waals surface area contributed by atoms with E-state index >= 15 is 0 Å². The van der Waals surface area contributed by atoms with Gasteiger partial charge in [-0.1, -0.05) is 32.4 Å². The first-order valence-corrected chi connectivity index (χ1v) is 4.38. The molecule has 0 amide bonds. The molecule has 0 radical (unpaired) electrons. The topological polar surface area (TPSA) is 20.2 Å². The molecule has 0 spiro atoms. The Kier molecular flexibility index (Phi) is 2.53. The Morgan fingerprint density at radius 2 is 1.85 bits per heavy atom. The van der Waals surface area contributed by atoms with Gasteiger partial charge in [0.2, 0.25) is 0 Å². The lowest BCUT2D eigenvalue weighted by Crippen LogP contribution is -2.12. The van der Waals surface area contributed by atoms with Gasteiger partial charge >= 0.3 is 0 Å². The van der Waals surface area contributed by atoms with E-state index in [1.807, 2.05) is 20.8 Å². The fourth-order valence-electron chi connectivity index (χ4n) is 1.11. The minimum atomic E-state index is -0.630. The first-order valence-electron chi connectivity index (χ1n) is 4.01.